The topological polar surface area (TPSA) is 6.48 Å². The molecule has 0 amide bonds. The van der Waals surface area contributed by atoms with Crippen LogP contribution in [0.25, 0.3) is 47.6 Å². The maximum absolute atomic E-state index is 2.55. The quantitative estimate of drug-likeness (QED) is 0.154. The molecule has 9 aromatic rings. The van der Waals surface area contributed by atoms with Crippen LogP contribution < -0.4 is 9.80 Å². The minimum atomic E-state index is 0.913. The number of hydrogen-bond acceptors (Lipinski definition) is 3. The fourth-order valence-electron chi connectivity index (χ4n) is 8.18. The average Bonchev–Trinajstić information content (AvgIpc) is 3.64. The van der Waals surface area contributed by atoms with Crippen LogP contribution in [0, 0.1) is 0 Å². The van der Waals surface area contributed by atoms with Gasteiger partial charge in [0.25, 0.3) is 0 Å². The largest absolute Gasteiger partial charge is 0.311 e. The van der Waals surface area contributed by atoms with Crippen molar-refractivity contribution in [3.05, 3.63) is 218 Å². The van der Waals surface area contributed by atoms with Crippen LogP contribution in [0.5, 0.6) is 0 Å². The average molecular weight is 723 g/mol. The maximum atomic E-state index is 2.55. The van der Waals surface area contributed by atoms with Gasteiger partial charge in [0.05, 0.1) is 17.1 Å². The summed E-state index contributed by atoms with van der Waals surface area (Å²) in [6, 6.07) is 70.6. The Balaban J connectivity index is 1.34. The van der Waals surface area contributed by atoms with Crippen LogP contribution in [0.15, 0.2) is 212 Å². The smallest absolute Gasteiger partial charge is 0.0714 e. The van der Waals surface area contributed by atoms with E-state index in [2.05, 4.69) is 216 Å². The summed E-state index contributed by atoms with van der Waals surface area (Å²) in [5.41, 5.74) is 11.7. The van der Waals surface area contributed by atoms with Gasteiger partial charge in [0.1, 0.15) is 0 Å². The highest BCUT2D eigenvalue weighted by Crippen LogP contribution is 2.52. The summed E-state index contributed by atoms with van der Waals surface area (Å²) in [5.74, 6) is 0. The van der Waals surface area contributed by atoms with Crippen molar-refractivity contribution in [1.29, 1.82) is 0 Å². The first-order valence-corrected chi connectivity index (χ1v) is 19.8. The fourth-order valence-corrected chi connectivity index (χ4v) is 9.44. The van der Waals surface area contributed by atoms with Crippen LogP contribution >= 0.6 is 11.3 Å². The number of para-hydroxylation sites is 3. The standard InChI is InChI=1S/C52H38N2S/c1-5-19-37(20-6-1)42-28-15-17-31-47(42)53(40-24-9-3-10-25-40)49-35-46-45-34-33-39-23-13-14-30-44(39)52(45)55-51(46)36-50(49)54(41-26-11-4-12-27-41)48-32-18-16-29-43(48)38-21-7-2-8-22-38/h1-17,19-31,33-36H,18,32H2. The van der Waals surface area contributed by atoms with E-state index in [1.807, 2.05) is 11.3 Å². The second-order valence-corrected chi connectivity index (χ2v) is 15.0. The Morgan fingerprint density at radius 2 is 1.04 bits per heavy atom. The Morgan fingerprint density at radius 1 is 0.436 bits per heavy atom. The zero-order chi connectivity index (χ0) is 36.6. The number of allylic oxidation sites excluding steroid dienone is 4. The van der Waals surface area contributed by atoms with E-state index in [0.717, 1.165) is 41.3 Å². The second kappa shape index (κ2) is 14.3. The van der Waals surface area contributed by atoms with Crippen LogP contribution in [0.2, 0.25) is 0 Å². The lowest BCUT2D eigenvalue weighted by molar-refractivity contribution is 0.923. The molecule has 1 aliphatic rings. The van der Waals surface area contributed by atoms with Crippen LogP contribution in [0.3, 0.4) is 0 Å². The number of benzene rings is 8. The van der Waals surface area contributed by atoms with Crippen LogP contribution in [-0.2, 0) is 0 Å². The number of thiophene rings is 1. The highest BCUT2D eigenvalue weighted by atomic mass is 32.1. The van der Waals surface area contributed by atoms with Crippen LogP contribution in [0.4, 0.5) is 28.4 Å². The molecule has 3 heteroatoms. The highest BCUT2D eigenvalue weighted by molar-refractivity contribution is 7.26. The van der Waals surface area contributed by atoms with Crippen molar-refractivity contribution >= 4 is 76.3 Å². The molecule has 2 nitrogen and oxygen atoms in total. The molecule has 10 rings (SSSR count). The third-order valence-electron chi connectivity index (χ3n) is 10.7. The summed E-state index contributed by atoms with van der Waals surface area (Å²) in [5, 5.41) is 5.11. The lowest BCUT2D eigenvalue weighted by Crippen LogP contribution is -2.22. The molecule has 1 aromatic heterocycles. The van der Waals surface area contributed by atoms with E-state index in [1.165, 1.54) is 58.9 Å². The van der Waals surface area contributed by atoms with Crippen molar-refractivity contribution in [2.75, 3.05) is 9.80 Å². The molecule has 0 aliphatic heterocycles. The van der Waals surface area contributed by atoms with Gasteiger partial charge in [0, 0.05) is 48.4 Å². The van der Waals surface area contributed by atoms with Crippen molar-refractivity contribution in [3.8, 4) is 11.1 Å². The molecule has 0 atom stereocenters. The van der Waals surface area contributed by atoms with E-state index in [9.17, 15) is 0 Å². The van der Waals surface area contributed by atoms with Gasteiger partial charge in [-0.2, -0.15) is 0 Å². The molecule has 0 bridgehead atoms. The van der Waals surface area contributed by atoms with Gasteiger partial charge in [-0.15, -0.1) is 11.3 Å². The Bertz CT molecular complexity index is 2860. The van der Waals surface area contributed by atoms with Crippen molar-refractivity contribution in [1.82, 2.24) is 0 Å². The molecule has 0 N–H and O–H groups in total. The summed E-state index contributed by atoms with van der Waals surface area (Å²) in [6.45, 7) is 0. The van der Waals surface area contributed by atoms with Gasteiger partial charge in [0.2, 0.25) is 0 Å². The van der Waals surface area contributed by atoms with Gasteiger partial charge in [-0.3, -0.25) is 0 Å². The summed E-state index contributed by atoms with van der Waals surface area (Å²) < 4.78 is 2.59. The molecule has 0 saturated carbocycles. The number of fused-ring (bicyclic) bond motifs is 5. The molecule has 55 heavy (non-hydrogen) atoms. The molecule has 1 heterocycles. The van der Waals surface area contributed by atoms with E-state index in [4.69, 9.17) is 0 Å². The van der Waals surface area contributed by atoms with Gasteiger partial charge in [-0.1, -0.05) is 164 Å². The first kappa shape index (κ1) is 32.9. The molecule has 0 fully saturated rings. The number of rotatable bonds is 8. The molecule has 0 unspecified atom stereocenters. The van der Waals surface area contributed by atoms with Crippen LogP contribution in [0.1, 0.15) is 18.4 Å². The lowest BCUT2D eigenvalue weighted by Gasteiger charge is -2.36. The second-order valence-electron chi connectivity index (χ2n) is 14.0. The van der Waals surface area contributed by atoms with Gasteiger partial charge < -0.3 is 9.80 Å². The Kier molecular flexibility index (Phi) is 8.55. The molecule has 0 saturated heterocycles. The minimum Gasteiger partial charge on any atom is -0.311 e. The Morgan fingerprint density at radius 3 is 1.78 bits per heavy atom. The zero-order valence-corrected chi connectivity index (χ0v) is 31.2. The van der Waals surface area contributed by atoms with E-state index < -0.39 is 0 Å². The van der Waals surface area contributed by atoms with E-state index in [-0.39, 0.29) is 0 Å². The summed E-state index contributed by atoms with van der Waals surface area (Å²) in [6.07, 6.45) is 6.53. The molecular formula is C52H38N2S. The molecule has 0 spiro atoms. The normalized spacial score (nSPS) is 12.8. The van der Waals surface area contributed by atoms with Gasteiger partial charge in [0.15, 0.2) is 0 Å². The predicted molar refractivity (Wildman–Crippen MR) is 237 cm³/mol. The minimum absolute atomic E-state index is 0.913. The first-order chi connectivity index (χ1) is 27.3. The van der Waals surface area contributed by atoms with E-state index in [0.29, 0.717) is 0 Å². The first-order valence-electron chi connectivity index (χ1n) is 19.0. The third-order valence-corrected chi connectivity index (χ3v) is 11.9. The van der Waals surface area contributed by atoms with Crippen molar-refractivity contribution in [3.63, 3.8) is 0 Å². The zero-order valence-electron chi connectivity index (χ0n) is 30.3. The summed E-state index contributed by atoms with van der Waals surface area (Å²) in [7, 11) is 0. The molecule has 262 valence electrons. The SMILES string of the molecule is C1=CC(c2ccccc2)=C(N(c2ccccc2)c2cc3sc4c5ccccc5ccc4c3cc2N(c2ccccc2)c2ccccc2-c2ccccc2)CC1. The summed E-state index contributed by atoms with van der Waals surface area (Å²) >= 11 is 1.90. The summed E-state index contributed by atoms with van der Waals surface area (Å²) in [4.78, 5) is 5.03. The number of anilines is 5. The Labute approximate surface area is 326 Å². The predicted octanol–water partition coefficient (Wildman–Crippen LogP) is 15.2. The molecule has 1 aliphatic carbocycles. The van der Waals surface area contributed by atoms with Crippen molar-refractivity contribution in [2.24, 2.45) is 0 Å². The third kappa shape index (κ3) is 6.00. The number of hydrogen-bond donors (Lipinski definition) is 0. The number of nitrogens with zero attached hydrogens (tertiary/aromatic N) is 2. The van der Waals surface area contributed by atoms with Crippen molar-refractivity contribution in [2.45, 2.75) is 12.8 Å². The Hall–Kier alpha value is -6.68. The molecule has 0 radical (unpaired) electrons. The fraction of sp³-hybridized carbons (Fsp3) is 0.0385. The van der Waals surface area contributed by atoms with E-state index in [1.54, 1.807) is 0 Å². The van der Waals surface area contributed by atoms with Gasteiger partial charge >= 0.3 is 0 Å². The highest BCUT2D eigenvalue weighted by Gasteiger charge is 2.28. The monoisotopic (exact) mass is 722 g/mol. The van der Waals surface area contributed by atoms with Gasteiger partial charge in [-0.25, -0.2) is 0 Å². The van der Waals surface area contributed by atoms with Gasteiger partial charge in [-0.05, 0) is 77.2 Å². The van der Waals surface area contributed by atoms with Crippen molar-refractivity contribution < 1.29 is 0 Å². The molecule has 8 aromatic carbocycles. The van der Waals surface area contributed by atoms with Crippen LogP contribution in [-0.4, -0.2) is 0 Å². The lowest BCUT2D eigenvalue weighted by atomic mass is 9.94. The maximum Gasteiger partial charge on any atom is 0.0714 e. The van der Waals surface area contributed by atoms with E-state index >= 15 is 0 Å². The molecular weight excluding hydrogens is 685 g/mol.